The maximum Gasteiger partial charge on any atom is 0.328 e. The first-order chi connectivity index (χ1) is 9.19. The summed E-state index contributed by atoms with van der Waals surface area (Å²) in [5.74, 6) is -0.688. The van der Waals surface area contributed by atoms with Crippen molar-refractivity contribution < 1.29 is 19.1 Å². The van der Waals surface area contributed by atoms with Gasteiger partial charge in [-0.05, 0) is 25.0 Å². The summed E-state index contributed by atoms with van der Waals surface area (Å²) in [5.41, 5.74) is 0.762. The number of anilines is 1. The summed E-state index contributed by atoms with van der Waals surface area (Å²) >= 11 is 0. The van der Waals surface area contributed by atoms with Crippen molar-refractivity contribution in [3.8, 4) is 0 Å². The average molecular weight is 264 g/mol. The summed E-state index contributed by atoms with van der Waals surface area (Å²) in [5, 5.41) is 0. The largest absolute Gasteiger partial charge is 0.467 e. The Morgan fingerprint density at radius 1 is 1.11 bits per heavy atom. The predicted molar refractivity (Wildman–Crippen MR) is 67.6 cm³/mol. The van der Waals surface area contributed by atoms with Gasteiger partial charge in [0.15, 0.2) is 0 Å². The molecule has 1 saturated heterocycles. The van der Waals surface area contributed by atoms with E-state index in [1.54, 1.807) is 29.4 Å². The van der Waals surface area contributed by atoms with E-state index in [4.69, 9.17) is 9.47 Å². The molecule has 1 aromatic rings. The zero-order valence-electron chi connectivity index (χ0n) is 10.9. The van der Waals surface area contributed by atoms with Crippen LogP contribution in [0.25, 0.3) is 0 Å². The minimum Gasteiger partial charge on any atom is -0.467 e. The van der Waals surface area contributed by atoms with Gasteiger partial charge in [-0.2, -0.15) is 0 Å². The first kappa shape index (κ1) is 13.3. The molecular formula is C13H16N2O4. The van der Waals surface area contributed by atoms with E-state index >= 15 is 0 Å². The van der Waals surface area contributed by atoms with Crippen LogP contribution in [0.3, 0.4) is 0 Å². The Morgan fingerprint density at radius 3 is 2.00 bits per heavy atom. The van der Waals surface area contributed by atoms with Crippen molar-refractivity contribution >= 4 is 17.6 Å². The zero-order valence-corrected chi connectivity index (χ0v) is 10.9. The molecule has 0 bridgehead atoms. The summed E-state index contributed by atoms with van der Waals surface area (Å²) < 4.78 is 9.60. The van der Waals surface area contributed by atoms with E-state index < -0.39 is 12.1 Å². The molecule has 1 aromatic heterocycles. The number of carbonyl (C=O) groups excluding carboxylic acids is 2. The number of esters is 2. The second-order valence-corrected chi connectivity index (χ2v) is 4.27. The summed E-state index contributed by atoms with van der Waals surface area (Å²) in [6, 6.07) is 2.60. The first-order valence-electron chi connectivity index (χ1n) is 6.03. The molecule has 0 N–H and O–H groups in total. The van der Waals surface area contributed by atoms with Crippen molar-refractivity contribution in [1.29, 1.82) is 0 Å². The number of pyridine rings is 1. The third kappa shape index (κ3) is 2.52. The molecule has 102 valence electrons. The molecule has 0 spiro atoms. The second kappa shape index (κ2) is 5.69. The van der Waals surface area contributed by atoms with Gasteiger partial charge in [0.05, 0.1) is 14.2 Å². The minimum atomic E-state index is -0.462. The van der Waals surface area contributed by atoms with E-state index in [0.717, 1.165) is 5.69 Å². The van der Waals surface area contributed by atoms with Gasteiger partial charge >= 0.3 is 11.9 Å². The van der Waals surface area contributed by atoms with Gasteiger partial charge < -0.3 is 14.4 Å². The molecule has 0 saturated carbocycles. The van der Waals surface area contributed by atoms with E-state index in [9.17, 15) is 9.59 Å². The molecule has 6 nitrogen and oxygen atoms in total. The molecule has 1 aliphatic heterocycles. The number of nitrogens with zero attached hydrogens (tertiary/aromatic N) is 2. The van der Waals surface area contributed by atoms with Gasteiger partial charge in [-0.3, -0.25) is 4.98 Å². The highest BCUT2D eigenvalue weighted by atomic mass is 16.5. The highest BCUT2D eigenvalue weighted by Gasteiger charge is 2.42. The Labute approximate surface area is 111 Å². The number of carbonyl (C=O) groups is 2. The molecule has 2 heterocycles. The van der Waals surface area contributed by atoms with Gasteiger partial charge in [0, 0.05) is 18.1 Å². The highest BCUT2D eigenvalue weighted by molar-refractivity contribution is 5.88. The van der Waals surface area contributed by atoms with Crippen LogP contribution in [-0.2, 0) is 19.1 Å². The van der Waals surface area contributed by atoms with Crippen LogP contribution in [-0.4, -0.2) is 43.2 Å². The van der Waals surface area contributed by atoms with Gasteiger partial charge in [-0.15, -0.1) is 0 Å². The SMILES string of the molecule is COC(=O)[C@@H]1CC[C@@H](C(=O)OC)N1c1ccncc1. The molecule has 19 heavy (non-hydrogen) atoms. The van der Waals surface area contributed by atoms with E-state index in [1.165, 1.54) is 14.2 Å². The molecular weight excluding hydrogens is 248 g/mol. The minimum absolute atomic E-state index is 0.344. The Bertz CT molecular complexity index is 439. The topological polar surface area (TPSA) is 68.7 Å². The summed E-state index contributed by atoms with van der Waals surface area (Å²) in [6.45, 7) is 0. The lowest BCUT2D eigenvalue weighted by Gasteiger charge is -2.29. The van der Waals surface area contributed by atoms with Crippen LogP contribution in [0.2, 0.25) is 0 Å². The van der Waals surface area contributed by atoms with Crippen molar-refractivity contribution in [3.05, 3.63) is 24.5 Å². The van der Waals surface area contributed by atoms with Crippen molar-refractivity contribution in [1.82, 2.24) is 4.98 Å². The van der Waals surface area contributed by atoms with Crippen LogP contribution in [0, 0.1) is 0 Å². The Balaban J connectivity index is 2.33. The van der Waals surface area contributed by atoms with Crippen LogP contribution < -0.4 is 4.90 Å². The molecule has 0 aliphatic carbocycles. The predicted octanol–water partition coefficient (Wildman–Crippen LogP) is 0.765. The van der Waals surface area contributed by atoms with Crippen molar-refractivity contribution in [2.24, 2.45) is 0 Å². The van der Waals surface area contributed by atoms with E-state index in [0.29, 0.717) is 12.8 Å². The highest BCUT2D eigenvalue weighted by Crippen LogP contribution is 2.31. The normalized spacial score (nSPS) is 22.1. The van der Waals surface area contributed by atoms with Gasteiger partial charge in [-0.1, -0.05) is 0 Å². The van der Waals surface area contributed by atoms with Crippen LogP contribution >= 0.6 is 0 Å². The number of methoxy groups -OCH3 is 2. The van der Waals surface area contributed by atoms with Crippen LogP contribution in [0.1, 0.15) is 12.8 Å². The molecule has 6 heteroatoms. The molecule has 0 unspecified atom stereocenters. The molecule has 0 amide bonds. The monoisotopic (exact) mass is 264 g/mol. The first-order valence-corrected chi connectivity index (χ1v) is 6.03. The standard InChI is InChI=1S/C13H16N2O4/c1-18-12(16)10-3-4-11(13(17)19-2)15(10)9-5-7-14-8-6-9/h5-8,10-11H,3-4H2,1-2H3/t10-,11-/m0/s1. The second-order valence-electron chi connectivity index (χ2n) is 4.27. The summed E-state index contributed by atoms with van der Waals surface area (Å²) in [7, 11) is 2.69. The molecule has 2 atom stereocenters. The number of ether oxygens (including phenoxy) is 2. The smallest absolute Gasteiger partial charge is 0.328 e. The van der Waals surface area contributed by atoms with Gasteiger partial charge in [0.25, 0.3) is 0 Å². The van der Waals surface area contributed by atoms with Crippen LogP contribution in [0.15, 0.2) is 24.5 Å². The number of hydrogen-bond donors (Lipinski definition) is 0. The number of aromatic nitrogens is 1. The number of hydrogen-bond acceptors (Lipinski definition) is 6. The molecule has 1 fully saturated rings. The number of rotatable bonds is 3. The fourth-order valence-corrected chi connectivity index (χ4v) is 2.42. The molecule has 2 rings (SSSR count). The lowest BCUT2D eigenvalue weighted by molar-refractivity contribution is -0.142. The lowest BCUT2D eigenvalue weighted by atomic mass is 10.2. The summed E-state index contributed by atoms with van der Waals surface area (Å²) in [4.78, 5) is 29.3. The van der Waals surface area contributed by atoms with Crippen molar-refractivity contribution in [2.75, 3.05) is 19.1 Å². The Kier molecular flexibility index (Phi) is 3.99. The van der Waals surface area contributed by atoms with E-state index in [-0.39, 0.29) is 11.9 Å². The third-order valence-corrected chi connectivity index (χ3v) is 3.29. The molecule has 0 aromatic carbocycles. The van der Waals surface area contributed by atoms with Crippen molar-refractivity contribution in [2.45, 2.75) is 24.9 Å². The molecule has 1 aliphatic rings. The third-order valence-electron chi connectivity index (χ3n) is 3.29. The van der Waals surface area contributed by atoms with Gasteiger partial charge in [0.2, 0.25) is 0 Å². The lowest BCUT2D eigenvalue weighted by Crippen LogP contribution is -2.45. The average Bonchev–Trinajstić information content (AvgIpc) is 2.91. The van der Waals surface area contributed by atoms with Gasteiger partial charge in [0.1, 0.15) is 12.1 Å². The Morgan fingerprint density at radius 2 is 1.58 bits per heavy atom. The van der Waals surface area contributed by atoms with Crippen LogP contribution in [0.5, 0.6) is 0 Å². The molecule has 0 radical (unpaired) electrons. The maximum atomic E-state index is 11.8. The Hall–Kier alpha value is -2.11. The van der Waals surface area contributed by atoms with Crippen LogP contribution in [0.4, 0.5) is 5.69 Å². The fourth-order valence-electron chi connectivity index (χ4n) is 2.42. The van der Waals surface area contributed by atoms with Gasteiger partial charge in [-0.25, -0.2) is 9.59 Å². The fraction of sp³-hybridized carbons (Fsp3) is 0.462. The van der Waals surface area contributed by atoms with E-state index in [2.05, 4.69) is 4.98 Å². The van der Waals surface area contributed by atoms with Crippen molar-refractivity contribution in [3.63, 3.8) is 0 Å². The quantitative estimate of drug-likeness (QED) is 0.751. The maximum absolute atomic E-state index is 11.8. The zero-order chi connectivity index (χ0) is 13.8. The van der Waals surface area contributed by atoms with E-state index in [1.807, 2.05) is 0 Å². The summed E-state index contributed by atoms with van der Waals surface area (Å²) in [6.07, 6.45) is 4.37.